The van der Waals surface area contributed by atoms with Crippen LogP contribution in [0.3, 0.4) is 0 Å². The molecule has 6 nitrogen and oxygen atoms in total. The first-order valence-corrected chi connectivity index (χ1v) is 10.8. The third-order valence-corrected chi connectivity index (χ3v) is 6.46. The average Bonchev–Trinajstić information content (AvgIpc) is 2.61. The molecular formula is C20H25N3O3S. The Kier molecular flexibility index (Phi) is 5.70. The van der Waals surface area contributed by atoms with Gasteiger partial charge in [0.25, 0.3) is 0 Å². The van der Waals surface area contributed by atoms with Gasteiger partial charge in [0.05, 0.1) is 11.4 Å². The van der Waals surface area contributed by atoms with Crippen molar-refractivity contribution in [3.63, 3.8) is 0 Å². The standard InChI is InChI=1S/C20H25N3O3S/c1-3-12-27(25,26)23-11-5-7-16-14-18(9-10-19(16)23)22-20(24)21-17-8-4-6-15(2)13-17/h4,6,8-10,13-14H,3,5,7,11-12H2,1-2H3,(H2,21,22,24). The van der Waals surface area contributed by atoms with E-state index < -0.39 is 10.0 Å². The zero-order valence-corrected chi connectivity index (χ0v) is 16.5. The van der Waals surface area contributed by atoms with Crippen molar-refractivity contribution < 1.29 is 13.2 Å². The number of carbonyl (C=O) groups excluding carboxylic acids is 1. The van der Waals surface area contributed by atoms with Crippen LogP contribution in [0.5, 0.6) is 0 Å². The molecule has 2 aromatic carbocycles. The molecule has 0 fully saturated rings. The zero-order chi connectivity index (χ0) is 19.4. The summed E-state index contributed by atoms with van der Waals surface area (Å²) in [4.78, 5) is 12.2. The third-order valence-electron chi connectivity index (χ3n) is 4.49. The molecule has 0 aliphatic carbocycles. The smallest absolute Gasteiger partial charge is 0.308 e. The number of fused-ring (bicyclic) bond motifs is 1. The predicted octanol–water partition coefficient (Wildman–Crippen LogP) is 4.13. The van der Waals surface area contributed by atoms with Crippen molar-refractivity contribution >= 4 is 33.1 Å². The van der Waals surface area contributed by atoms with Crippen molar-refractivity contribution in [3.8, 4) is 0 Å². The number of rotatable bonds is 5. The molecule has 0 unspecified atom stereocenters. The van der Waals surface area contributed by atoms with Crippen LogP contribution in [0.2, 0.25) is 0 Å². The van der Waals surface area contributed by atoms with E-state index in [9.17, 15) is 13.2 Å². The highest BCUT2D eigenvalue weighted by Gasteiger charge is 2.26. The topological polar surface area (TPSA) is 78.5 Å². The summed E-state index contributed by atoms with van der Waals surface area (Å²) >= 11 is 0. The van der Waals surface area contributed by atoms with Crippen LogP contribution in [0.1, 0.15) is 30.9 Å². The fourth-order valence-corrected chi connectivity index (χ4v) is 4.94. The Labute approximate surface area is 160 Å². The minimum atomic E-state index is -3.29. The molecule has 3 rings (SSSR count). The summed E-state index contributed by atoms with van der Waals surface area (Å²) in [6.07, 6.45) is 2.16. The third kappa shape index (κ3) is 4.60. The van der Waals surface area contributed by atoms with E-state index in [1.54, 1.807) is 12.1 Å². The minimum absolute atomic E-state index is 0.144. The van der Waals surface area contributed by atoms with E-state index in [-0.39, 0.29) is 11.8 Å². The SMILES string of the molecule is CCCS(=O)(=O)N1CCCc2cc(NC(=O)Nc3cccc(C)c3)ccc21. The summed E-state index contributed by atoms with van der Waals surface area (Å²) in [5.41, 5.74) is 4.10. The second kappa shape index (κ2) is 8.00. The van der Waals surface area contributed by atoms with Gasteiger partial charge in [0.1, 0.15) is 0 Å². The van der Waals surface area contributed by atoms with E-state index in [4.69, 9.17) is 0 Å². The molecule has 0 saturated carbocycles. The monoisotopic (exact) mass is 387 g/mol. The van der Waals surface area contributed by atoms with Crippen LogP contribution in [0.25, 0.3) is 0 Å². The van der Waals surface area contributed by atoms with Gasteiger partial charge in [-0.25, -0.2) is 13.2 Å². The number of amides is 2. The fourth-order valence-electron chi connectivity index (χ4n) is 3.31. The number of hydrogen-bond acceptors (Lipinski definition) is 3. The molecule has 7 heteroatoms. The van der Waals surface area contributed by atoms with Crippen LogP contribution in [-0.4, -0.2) is 26.7 Å². The molecule has 0 spiro atoms. The second-order valence-electron chi connectivity index (χ2n) is 6.78. The Morgan fingerprint density at radius 1 is 1.11 bits per heavy atom. The summed E-state index contributed by atoms with van der Waals surface area (Å²) in [5, 5.41) is 5.63. The van der Waals surface area contributed by atoms with E-state index in [2.05, 4.69) is 10.6 Å². The molecule has 1 heterocycles. The van der Waals surface area contributed by atoms with Crippen LogP contribution in [0, 0.1) is 6.92 Å². The summed E-state index contributed by atoms with van der Waals surface area (Å²) in [5.74, 6) is 0.144. The van der Waals surface area contributed by atoms with Gasteiger partial charge in [0, 0.05) is 17.9 Å². The lowest BCUT2D eigenvalue weighted by Gasteiger charge is -2.30. The molecule has 2 aromatic rings. The number of nitrogens with zero attached hydrogens (tertiary/aromatic N) is 1. The van der Waals surface area contributed by atoms with Crippen LogP contribution >= 0.6 is 0 Å². The van der Waals surface area contributed by atoms with Gasteiger partial charge in [-0.05, 0) is 67.6 Å². The van der Waals surface area contributed by atoms with E-state index in [1.807, 2.05) is 44.2 Å². The van der Waals surface area contributed by atoms with E-state index >= 15 is 0 Å². The Bertz CT molecular complexity index is 941. The number of nitrogens with one attached hydrogen (secondary N) is 2. The largest absolute Gasteiger partial charge is 0.323 e. The molecule has 0 radical (unpaired) electrons. The van der Waals surface area contributed by atoms with Gasteiger partial charge in [-0.1, -0.05) is 19.1 Å². The number of urea groups is 1. The van der Waals surface area contributed by atoms with E-state index in [0.717, 1.165) is 35.3 Å². The van der Waals surface area contributed by atoms with Gasteiger partial charge in [-0.3, -0.25) is 4.31 Å². The molecular weight excluding hydrogens is 362 g/mol. The summed E-state index contributed by atoms with van der Waals surface area (Å²) < 4.78 is 26.5. The number of carbonyl (C=O) groups is 1. The molecule has 0 saturated heterocycles. The molecule has 144 valence electrons. The fraction of sp³-hybridized carbons (Fsp3) is 0.350. The molecule has 0 atom stereocenters. The Hall–Kier alpha value is -2.54. The maximum atomic E-state index is 12.5. The van der Waals surface area contributed by atoms with Gasteiger partial charge >= 0.3 is 6.03 Å². The Morgan fingerprint density at radius 2 is 1.85 bits per heavy atom. The molecule has 0 bridgehead atoms. The highest BCUT2D eigenvalue weighted by atomic mass is 32.2. The van der Waals surface area contributed by atoms with Crippen LogP contribution in [0.4, 0.5) is 21.9 Å². The highest BCUT2D eigenvalue weighted by molar-refractivity contribution is 7.92. The Balaban J connectivity index is 1.75. The Morgan fingerprint density at radius 3 is 2.56 bits per heavy atom. The zero-order valence-electron chi connectivity index (χ0n) is 15.7. The lowest BCUT2D eigenvalue weighted by molar-refractivity contribution is 0.262. The van der Waals surface area contributed by atoms with Crippen molar-refractivity contribution in [3.05, 3.63) is 53.6 Å². The average molecular weight is 388 g/mol. The quantitative estimate of drug-likeness (QED) is 0.810. The number of benzene rings is 2. The van der Waals surface area contributed by atoms with Gasteiger partial charge in [0.2, 0.25) is 10.0 Å². The minimum Gasteiger partial charge on any atom is -0.308 e. The molecule has 27 heavy (non-hydrogen) atoms. The summed E-state index contributed by atoms with van der Waals surface area (Å²) in [6.45, 7) is 4.34. The van der Waals surface area contributed by atoms with Gasteiger partial charge in [-0.2, -0.15) is 0 Å². The van der Waals surface area contributed by atoms with Crippen molar-refractivity contribution in [2.75, 3.05) is 27.2 Å². The maximum Gasteiger partial charge on any atom is 0.323 e. The predicted molar refractivity (Wildman–Crippen MR) is 110 cm³/mol. The second-order valence-corrected chi connectivity index (χ2v) is 8.80. The first-order chi connectivity index (χ1) is 12.9. The van der Waals surface area contributed by atoms with Crippen LogP contribution < -0.4 is 14.9 Å². The van der Waals surface area contributed by atoms with Crippen molar-refractivity contribution in [1.82, 2.24) is 0 Å². The normalized spacial score (nSPS) is 13.8. The van der Waals surface area contributed by atoms with Crippen molar-refractivity contribution in [1.29, 1.82) is 0 Å². The van der Waals surface area contributed by atoms with Crippen LogP contribution in [-0.2, 0) is 16.4 Å². The number of hydrogen-bond donors (Lipinski definition) is 2. The number of sulfonamides is 1. The molecule has 1 aliphatic rings. The van der Waals surface area contributed by atoms with Gasteiger partial charge in [-0.15, -0.1) is 0 Å². The first kappa shape index (κ1) is 19.2. The van der Waals surface area contributed by atoms with Gasteiger partial charge < -0.3 is 10.6 Å². The maximum absolute atomic E-state index is 12.5. The van der Waals surface area contributed by atoms with E-state index in [1.165, 1.54) is 4.31 Å². The molecule has 1 aliphatic heterocycles. The first-order valence-electron chi connectivity index (χ1n) is 9.17. The number of aryl methyl sites for hydroxylation is 2. The molecule has 2 amide bonds. The summed E-state index contributed by atoms with van der Waals surface area (Å²) in [6, 6.07) is 12.6. The molecule has 0 aromatic heterocycles. The van der Waals surface area contributed by atoms with Crippen LogP contribution in [0.15, 0.2) is 42.5 Å². The number of anilines is 3. The lowest BCUT2D eigenvalue weighted by atomic mass is 10.0. The van der Waals surface area contributed by atoms with E-state index in [0.29, 0.717) is 18.7 Å². The van der Waals surface area contributed by atoms with Crippen molar-refractivity contribution in [2.24, 2.45) is 0 Å². The van der Waals surface area contributed by atoms with Crippen molar-refractivity contribution in [2.45, 2.75) is 33.1 Å². The van der Waals surface area contributed by atoms with Gasteiger partial charge in [0.15, 0.2) is 0 Å². The lowest BCUT2D eigenvalue weighted by Crippen LogP contribution is -2.37. The summed E-state index contributed by atoms with van der Waals surface area (Å²) in [7, 11) is -3.29. The molecule has 2 N–H and O–H groups in total. The highest BCUT2D eigenvalue weighted by Crippen LogP contribution is 2.32.